The predicted molar refractivity (Wildman–Crippen MR) is 79.3 cm³/mol. The first-order chi connectivity index (χ1) is 9.35. The van der Waals surface area contributed by atoms with Gasteiger partial charge in [-0.1, -0.05) is 6.07 Å². The van der Waals surface area contributed by atoms with Gasteiger partial charge in [-0.3, -0.25) is 0 Å². The van der Waals surface area contributed by atoms with Crippen molar-refractivity contribution < 1.29 is 0 Å². The third kappa shape index (κ3) is 2.98. The first-order valence-electron chi connectivity index (χ1n) is 6.25. The van der Waals surface area contributed by atoms with Gasteiger partial charge in [-0.05, 0) is 36.0 Å². The molecular weight excluding hydrogens is 278 g/mol. The summed E-state index contributed by atoms with van der Waals surface area (Å²) in [6.07, 6.45) is 2.43. The van der Waals surface area contributed by atoms with Gasteiger partial charge in [0.25, 0.3) is 0 Å². The summed E-state index contributed by atoms with van der Waals surface area (Å²) in [5.74, 6) is 1.42. The summed E-state index contributed by atoms with van der Waals surface area (Å²) >= 11 is 3.28. The molecule has 3 heterocycles. The van der Waals surface area contributed by atoms with Crippen molar-refractivity contribution >= 4 is 35.0 Å². The van der Waals surface area contributed by atoms with Crippen molar-refractivity contribution in [3.63, 3.8) is 0 Å². The van der Waals surface area contributed by atoms with Gasteiger partial charge >= 0.3 is 0 Å². The van der Waals surface area contributed by atoms with Crippen LogP contribution in [-0.4, -0.2) is 35.1 Å². The van der Waals surface area contributed by atoms with Crippen LogP contribution in [0, 0.1) is 0 Å². The largest absolute Gasteiger partial charge is 0.357 e. The van der Waals surface area contributed by atoms with Crippen molar-refractivity contribution in [2.45, 2.75) is 22.2 Å². The second-order valence-electron chi connectivity index (χ2n) is 4.22. The van der Waals surface area contributed by atoms with Crippen LogP contribution in [0.15, 0.2) is 26.9 Å². The van der Waals surface area contributed by atoms with Crippen molar-refractivity contribution in [3.05, 3.63) is 17.5 Å². The number of rotatable bonds is 4. The van der Waals surface area contributed by atoms with E-state index in [1.807, 2.05) is 13.1 Å². The molecule has 2 aromatic heterocycles. The molecule has 0 saturated carbocycles. The van der Waals surface area contributed by atoms with Crippen LogP contribution in [0.1, 0.15) is 12.8 Å². The Balaban J connectivity index is 1.88. The zero-order valence-corrected chi connectivity index (χ0v) is 12.3. The van der Waals surface area contributed by atoms with Crippen LogP contribution in [0.25, 0.3) is 0 Å². The summed E-state index contributed by atoms with van der Waals surface area (Å²) in [5.41, 5.74) is 0. The zero-order chi connectivity index (χ0) is 13.1. The van der Waals surface area contributed by atoms with E-state index in [4.69, 9.17) is 0 Å². The molecular formula is C12H15N5S2. The van der Waals surface area contributed by atoms with E-state index in [1.54, 1.807) is 23.1 Å². The molecule has 1 fully saturated rings. The van der Waals surface area contributed by atoms with Gasteiger partial charge in [-0.25, -0.2) is 0 Å². The van der Waals surface area contributed by atoms with Crippen molar-refractivity contribution in [3.8, 4) is 0 Å². The molecule has 1 aliphatic rings. The maximum atomic E-state index is 4.57. The van der Waals surface area contributed by atoms with Crippen LogP contribution in [-0.2, 0) is 0 Å². The minimum Gasteiger partial charge on any atom is -0.357 e. The lowest BCUT2D eigenvalue weighted by atomic mass is 10.4. The fraction of sp³-hybridized carbons (Fsp3) is 0.417. The van der Waals surface area contributed by atoms with E-state index in [1.165, 1.54) is 17.1 Å². The highest BCUT2D eigenvalue weighted by atomic mass is 32.2. The topological polar surface area (TPSA) is 53.9 Å². The lowest BCUT2D eigenvalue weighted by Gasteiger charge is -2.16. The van der Waals surface area contributed by atoms with E-state index in [0.29, 0.717) is 5.95 Å². The molecule has 0 aliphatic carbocycles. The van der Waals surface area contributed by atoms with Crippen LogP contribution in [0.3, 0.4) is 0 Å². The van der Waals surface area contributed by atoms with Gasteiger partial charge in [-0.15, -0.1) is 11.3 Å². The molecule has 7 heteroatoms. The molecule has 19 heavy (non-hydrogen) atoms. The molecule has 3 rings (SSSR count). The van der Waals surface area contributed by atoms with Crippen LogP contribution >= 0.6 is 23.1 Å². The first kappa shape index (κ1) is 12.7. The normalized spacial score (nSPS) is 14.9. The Morgan fingerprint density at radius 2 is 2.11 bits per heavy atom. The van der Waals surface area contributed by atoms with Gasteiger partial charge in [0.2, 0.25) is 11.9 Å². The van der Waals surface area contributed by atoms with E-state index in [0.717, 1.165) is 24.2 Å². The second kappa shape index (κ2) is 5.75. The minimum absolute atomic E-state index is 0.635. The second-order valence-corrected chi connectivity index (χ2v) is 6.44. The summed E-state index contributed by atoms with van der Waals surface area (Å²) in [5, 5.41) is 5.82. The number of hydrogen-bond donors (Lipinski definition) is 1. The number of aromatic nitrogens is 3. The maximum Gasteiger partial charge on any atom is 0.231 e. The first-order valence-corrected chi connectivity index (χ1v) is 7.95. The monoisotopic (exact) mass is 293 g/mol. The van der Waals surface area contributed by atoms with E-state index in [9.17, 15) is 0 Å². The summed E-state index contributed by atoms with van der Waals surface area (Å²) < 4.78 is 1.20. The fourth-order valence-electron chi connectivity index (χ4n) is 1.97. The number of hydrogen-bond acceptors (Lipinski definition) is 7. The molecule has 1 saturated heterocycles. The summed E-state index contributed by atoms with van der Waals surface area (Å²) in [4.78, 5) is 15.6. The number of thiophene rings is 1. The van der Waals surface area contributed by atoms with Gasteiger partial charge in [0.1, 0.15) is 0 Å². The van der Waals surface area contributed by atoms with Gasteiger partial charge in [0, 0.05) is 20.1 Å². The Bertz CT molecular complexity index is 537. The highest BCUT2D eigenvalue weighted by Crippen LogP contribution is 2.30. The average Bonchev–Trinajstić information content (AvgIpc) is 3.11. The van der Waals surface area contributed by atoms with Gasteiger partial charge in [0.15, 0.2) is 5.16 Å². The molecule has 100 valence electrons. The van der Waals surface area contributed by atoms with Gasteiger partial charge in [0.05, 0.1) is 4.21 Å². The van der Waals surface area contributed by atoms with Crippen LogP contribution in [0.5, 0.6) is 0 Å². The molecule has 2 aromatic rings. The quantitative estimate of drug-likeness (QED) is 0.935. The van der Waals surface area contributed by atoms with Crippen LogP contribution in [0.2, 0.25) is 0 Å². The molecule has 0 bridgehead atoms. The van der Waals surface area contributed by atoms with Crippen molar-refractivity contribution in [2.75, 3.05) is 30.4 Å². The van der Waals surface area contributed by atoms with Crippen molar-refractivity contribution in [1.29, 1.82) is 0 Å². The van der Waals surface area contributed by atoms with Crippen molar-refractivity contribution in [2.24, 2.45) is 0 Å². The minimum atomic E-state index is 0.635. The number of nitrogens with zero attached hydrogens (tertiary/aromatic N) is 4. The van der Waals surface area contributed by atoms with Crippen molar-refractivity contribution in [1.82, 2.24) is 15.0 Å². The third-order valence-corrected chi connectivity index (χ3v) is 4.81. The summed E-state index contributed by atoms with van der Waals surface area (Å²) in [6.45, 7) is 2.08. The van der Waals surface area contributed by atoms with E-state index >= 15 is 0 Å². The van der Waals surface area contributed by atoms with E-state index < -0.39 is 0 Å². The molecule has 1 N–H and O–H groups in total. The average molecular weight is 293 g/mol. The Hall–Kier alpha value is -1.34. The molecule has 0 amide bonds. The lowest BCUT2D eigenvalue weighted by Crippen LogP contribution is -2.21. The summed E-state index contributed by atoms with van der Waals surface area (Å²) in [7, 11) is 1.84. The Morgan fingerprint density at radius 1 is 1.26 bits per heavy atom. The zero-order valence-electron chi connectivity index (χ0n) is 10.7. The maximum absolute atomic E-state index is 4.57. The fourth-order valence-corrected chi connectivity index (χ4v) is 3.59. The van der Waals surface area contributed by atoms with Crippen LogP contribution in [0.4, 0.5) is 11.9 Å². The highest BCUT2D eigenvalue weighted by molar-refractivity contribution is 8.01. The van der Waals surface area contributed by atoms with Gasteiger partial charge in [-0.2, -0.15) is 15.0 Å². The summed E-state index contributed by atoms with van der Waals surface area (Å²) in [6, 6.07) is 4.11. The van der Waals surface area contributed by atoms with E-state index in [-0.39, 0.29) is 0 Å². The highest BCUT2D eigenvalue weighted by Gasteiger charge is 2.17. The molecule has 0 unspecified atom stereocenters. The Morgan fingerprint density at radius 3 is 2.79 bits per heavy atom. The molecule has 5 nitrogen and oxygen atoms in total. The molecule has 0 radical (unpaired) electrons. The van der Waals surface area contributed by atoms with E-state index in [2.05, 4.69) is 36.6 Å². The number of anilines is 2. The SMILES string of the molecule is CNc1nc(Sc2cccs2)nc(N2CCCC2)n1. The Kier molecular flexibility index (Phi) is 3.84. The third-order valence-electron chi connectivity index (χ3n) is 2.90. The molecule has 0 aromatic carbocycles. The smallest absolute Gasteiger partial charge is 0.231 e. The molecule has 0 spiro atoms. The standard InChI is InChI=1S/C12H15N5S2/c1-13-10-14-11(17-6-2-3-7-17)16-12(15-10)19-9-5-4-8-18-9/h4-5,8H,2-3,6-7H2,1H3,(H,13,14,15,16). The predicted octanol–water partition coefficient (Wildman–Crippen LogP) is 2.73. The lowest BCUT2D eigenvalue weighted by molar-refractivity contribution is 0.830. The number of nitrogens with one attached hydrogen (secondary N) is 1. The van der Waals surface area contributed by atoms with Gasteiger partial charge < -0.3 is 10.2 Å². The van der Waals surface area contributed by atoms with Crippen LogP contribution < -0.4 is 10.2 Å². The molecule has 1 aliphatic heterocycles. The molecule has 0 atom stereocenters. The Labute approximate surface area is 120 Å².